The lowest BCUT2D eigenvalue weighted by atomic mass is 10.1. The van der Waals surface area contributed by atoms with E-state index < -0.39 is 0 Å². The van der Waals surface area contributed by atoms with E-state index in [2.05, 4.69) is 27.9 Å². The lowest BCUT2D eigenvalue weighted by Crippen LogP contribution is -1.94. The smallest absolute Gasteiger partial charge is 0.165 e. The van der Waals surface area contributed by atoms with Crippen molar-refractivity contribution in [2.45, 2.75) is 10.9 Å². The largest absolute Gasteiger partial charge is 0.340 e. The first-order chi connectivity index (χ1) is 8.40. The fraction of sp³-hybridized carbons (Fsp3) is 0.154. The first-order valence-corrected chi connectivity index (χ1v) is 6.27. The number of nitrogens with one attached hydrogen (secondary N) is 1. The summed E-state index contributed by atoms with van der Waals surface area (Å²) in [7, 11) is 0. The molecule has 3 N–H and O–H groups in total. The molecule has 0 fully saturated rings. The molecule has 17 heavy (non-hydrogen) atoms. The molecule has 86 valence electrons. The molecule has 3 nitrogen and oxygen atoms in total. The third-order valence-electron chi connectivity index (χ3n) is 2.18. The molecule has 0 radical (unpaired) electrons. The summed E-state index contributed by atoms with van der Waals surface area (Å²) in [5.41, 5.74) is 7.63. The Hall–Kier alpha value is -1.70. The van der Waals surface area contributed by atoms with Crippen LogP contribution in [0.4, 0.5) is 0 Å². The van der Waals surface area contributed by atoms with Gasteiger partial charge in [-0.1, -0.05) is 41.8 Å². The zero-order chi connectivity index (χ0) is 11.9. The fourth-order valence-electron chi connectivity index (χ4n) is 1.39. The van der Waals surface area contributed by atoms with Gasteiger partial charge in [-0.15, -0.1) is 0 Å². The number of thioether (sulfide) groups is 1. The molecule has 2 rings (SSSR count). The van der Waals surface area contributed by atoms with E-state index in [9.17, 15) is 0 Å². The van der Waals surface area contributed by atoms with Crippen LogP contribution in [0.15, 0.2) is 41.8 Å². The fourth-order valence-corrected chi connectivity index (χ4v) is 2.22. The number of H-pyrrole nitrogens is 1. The number of nitrogens with zero attached hydrogens (tertiary/aromatic N) is 1. The average molecular weight is 243 g/mol. The van der Waals surface area contributed by atoms with Gasteiger partial charge < -0.3 is 10.7 Å². The zero-order valence-corrected chi connectivity index (χ0v) is 10.1. The van der Waals surface area contributed by atoms with E-state index in [-0.39, 0.29) is 0 Å². The van der Waals surface area contributed by atoms with Crippen molar-refractivity contribution in [1.29, 1.82) is 0 Å². The summed E-state index contributed by atoms with van der Waals surface area (Å²) < 4.78 is 0. The van der Waals surface area contributed by atoms with Gasteiger partial charge in [-0.25, -0.2) is 4.98 Å². The summed E-state index contributed by atoms with van der Waals surface area (Å²) in [6, 6.07) is 8.10. The van der Waals surface area contributed by atoms with Gasteiger partial charge in [0.2, 0.25) is 0 Å². The Balaban J connectivity index is 2.09. The van der Waals surface area contributed by atoms with Gasteiger partial charge in [-0.2, -0.15) is 0 Å². The van der Waals surface area contributed by atoms with Crippen molar-refractivity contribution in [2.75, 3.05) is 6.54 Å². The molecule has 2 aromatic rings. The van der Waals surface area contributed by atoms with Crippen LogP contribution in [0.3, 0.4) is 0 Å². The number of aromatic amines is 1. The third kappa shape index (κ3) is 3.38. The van der Waals surface area contributed by atoms with Crippen LogP contribution in [0.25, 0.3) is 0 Å². The summed E-state index contributed by atoms with van der Waals surface area (Å²) >= 11 is 1.66. The van der Waals surface area contributed by atoms with Gasteiger partial charge in [0.25, 0.3) is 0 Å². The normalized spacial score (nSPS) is 9.71. The Morgan fingerprint density at radius 1 is 1.35 bits per heavy atom. The lowest BCUT2D eigenvalue weighted by Gasteiger charge is -2.02. The number of nitrogens with two attached hydrogens (primary N) is 1. The van der Waals surface area contributed by atoms with Crippen LogP contribution < -0.4 is 5.73 Å². The van der Waals surface area contributed by atoms with Crippen molar-refractivity contribution in [2.24, 2.45) is 5.73 Å². The number of benzene rings is 1. The van der Waals surface area contributed by atoms with Crippen molar-refractivity contribution < 1.29 is 0 Å². The molecular weight excluding hydrogens is 230 g/mol. The summed E-state index contributed by atoms with van der Waals surface area (Å²) in [4.78, 5) is 7.24. The van der Waals surface area contributed by atoms with Crippen molar-refractivity contribution >= 4 is 11.8 Å². The number of hydrogen-bond acceptors (Lipinski definition) is 3. The number of imidazole rings is 1. The molecule has 0 aliphatic rings. The maximum absolute atomic E-state index is 5.38. The highest BCUT2D eigenvalue weighted by molar-refractivity contribution is 7.98. The van der Waals surface area contributed by atoms with Crippen LogP contribution in [0.5, 0.6) is 0 Å². The van der Waals surface area contributed by atoms with Gasteiger partial charge in [-0.3, -0.25) is 0 Å². The van der Waals surface area contributed by atoms with E-state index in [1.165, 1.54) is 5.56 Å². The molecule has 1 heterocycles. The van der Waals surface area contributed by atoms with Crippen LogP contribution in [-0.4, -0.2) is 16.5 Å². The topological polar surface area (TPSA) is 54.7 Å². The van der Waals surface area contributed by atoms with Crippen LogP contribution in [0.1, 0.15) is 11.1 Å². The van der Waals surface area contributed by atoms with Gasteiger partial charge >= 0.3 is 0 Å². The van der Waals surface area contributed by atoms with E-state index >= 15 is 0 Å². The summed E-state index contributed by atoms with van der Waals surface area (Å²) in [5.74, 6) is 6.82. The van der Waals surface area contributed by atoms with Crippen molar-refractivity contribution in [3.63, 3.8) is 0 Å². The maximum Gasteiger partial charge on any atom is 0.165 e. The zero-order valence-electron chi connectivity index (χ0n) is 9.31. The maximum atomic E-state index is 5.38. The quantitative estimate of drug-likeness (QED) is 0.640. The van der Waals surface area contributed by atoms with Gasteiger partial charge in [0.15, 0.2) is 5.16 Å². The lowest BCUT2D eigenvalue weighted by molar-refractivity contribution is 1.06. The van der Waals surface area contributed by atoms with Crippen molar-refractivity contribution in [3.8, 4) is 11.8 Å². The predicted molar refractivity (Wildman–Crippen MR) is 70.5 cm³/mol. The van der Waals surface area contributed by atoms with E-state index in [4.69, 9.17) is 5.73 Å². The van der Waals surface area contributed by atoms with E-state index in [0.717, 1.165) is 16.5 Å². The Labute approximate surface area is 105 Å². The second-order valence-electron chi connectivity index (χ2n) is 3.35. The molecule has 4 heteroatoms. The second-order valence-corrected chi connectivity index (χ2v) is 4.31. The molecule has 0 bridgehead atoms. The molecule has 0 aliphatic heterocycles. The summed E-state index contributed by atoms with van der Waals surface area (Å²) in [6.07, 6.45) is 3.57. The Bertz CT molecular complexity index is 523. The minimum absolute atomic E-state index is 0.389. The molecule has 0 aliphatic carbocycles. The van der Waals surface area contributed by atoms with Crippen molar-refractivity contribution in [1.82, 2.24) is 9.97 Å². The Morgan fingerprint density at radius 2 is 2.24 bits per heavy atom. The Morgan fingerprint density at radius 3 is 3.00 bits per heavy atom. The van der Waals surface area contributed by atoms with E-state index in [1.54, 1.807) is 18.0 Å². The highest BCUT2D eigenvalue weighted by atomic mass is 32.2. The predicted octanol–water partition coefficient (Wildman–Crippen LogP) is 2.01. The van der Waals surface area contributed by atoms with E-state index in [1.807, 2.05) is 24.4 Å². The van der Waals surface area contributed by atoms with Crippen LogP contribution >= 0.6 is 11.8 Å². The standard InChI is InChI=1S/C13H13N3S/c14-7-3-6-11-4-1-2-5-12(11)10-17-13-15-8-9-16-13/h1-2,4-5,8-9H,7,10,14H2,(H,15,16). The first kappa shape index (κ1) is 11.8. The molecular formula is C13H13N3S. The second kappa shape index (κ2) is 6.14. The SMILES string of the molecule is NCC#Cc1ccccc1CSc1ncc[nH]1. The molecule has 0 unspecified atom stereocenters. The summed E-state index contributed by atoms with van der Waals surface area (Å²) in [5, 5.41) is 0.923. The Kier molecular flexibility index (Phi) is 4.25. The average Bonchev–Trinajstić information content (AvgIpc) is 2.88. The summed E-state index contributed by atoms with van der Waals surface area (Å²) in [6.45, 7) is 0.389. The molecule has 1 aromatic heterocycles. The number of aromatic nitrogens is 2. The molecule has 1 aromatic carbocycles. The van der Waals surface area contributed by atoms with Gasteiger partial charge in [0.05, 0.1) is 6.54 Å². The minimum atomic E-state index is 0.389. The third-order valence-corrected chi connectivity index (χ3v) is 3.13. The van der Waals surface area contributed by atoms with Gasteiger partial charge in [0, 0.05) is 23.7 Å². The molecule has 0 saturated heterocycles. The molecule has 0 saturated carbocycles. The minimum Gasteiger partial charge on any atom is -0.340 e. The highest BCUT2D eigenvalue weighted by Crippen LogP contribution is 2.20. The van der Waals surface area contributed by atoms with E-state index in [0.29, 0.717) is 6.54 Å². The van der Waals surface area contributed by atoms with Crippen LogP contribution in [0, 0.1) is 11.8 Å². The first-order valence-electron chi connectivity index (χ1n) is 5.29. The number of hydrogen-bond donors (Lipinski definition) is 2. The molecule has 0 amide bonds. The van der Waals surface area contributed by atoms with Gasteiger partial charge in [-0.05, 0) is 11.6 Å². The van der Waals surface area contributed by atoms with Crippen molar-refractivity contribution in [3.05, 3.63) is 47.8 Å². The monoisotopic (exact) mass is 243 g/mol. The van der Waals surface area contributed by atoms with Crippen LogP contribution in [-0.2, 0) is 5.75 Å². The van der Waals surface area contributed by atoms with Crippen LogP contribution in [0.2, 0.25) is 0 Å². The van der Waals surface area contributed by atoms with Gasteiger partial charge in [0.1, 0.15) is 0 Å². The highest BCUT2D eigenvalue weighted by Gasteiger charge is 2.01. The molecule has 0 spiro atoms. The number of rotatable bonds is 3. The molecule has 0 atom stereocenters.